The molecule has 0 fully saturated rings. The van der Waals surface area contributed by atoms with Gasteiger partial charge < -0.3 is 14.2 Å². The van der Waals surface area contributed by atoms with Crippen LogP contribution in [-0.4, -0.2) is 17.9 Å². The standard InChI is InChI=1S/C44H34O6/c1-28(2)42(45)48-38-22-16-35(17-23-38)14-11-33-9-12-34(13-10-33)20-26-40-32(8)31(7)37(27-41(40)50-44(47)30(5)6)21-15-36-18-24-39(25-19-36)49-43(46)29(3)4/h9-10,12-13,16-19,22-25,27H,1,3,5H2,2,4,6-8H3. The van der Waals surface area contributed by atoms with Gasteiger partial charge in [-0.15, -0.1) is 0 Å². The van der Waals surface area contributed by atoms with Crippen LogP contribution in [-0.2, 0) is 14.4 Å². The number of carbonyl (C=O) groups excluding carboxylic acids is 3. The first kappa shape index (κ1) is 36.0. The summed E-state index contributed by atoms with van der Waals surface area (Å²) in [6.45, 7) is 19.5. The molecule has 0 unspecified atom stereocenters. The van der Waals surface area contributed by atoms with Gasteiger partial charge in [0, 0.05) is 44.5 Å². The van der Waals surface area contributed by atoms with Crippen molar-refractivity contribution in [3.05, 3.63) is 160 Å². The van der Waals surface area contributed by atoms with Crippen LogP contribution in [0, 0.1) is 49.4 Å². The van der Waals surface area contributed by atoms with Crippen LogP contribution >= 0.6 is 0 Å². The lowest BCUT2D eigenvalue weighted by Gasteiger charge is -2.13. The van der Waals surface area contributed by atoms with Gasteiger partial charge in [0.15, 0.2) is 0 Å². The number of carbonyl (C=O) groups is 3. The molecule has 4 aromatic rings. The number of rotatable bonds is 6. The van der Waals surface area contributed by atoms with E-state index in [4.69, 9.17) is 14.2 Å². The zero-order valence-electron chi connectivity index (χ0n) is 28.6. The van der Waals surface area contributed by atoms with Gasteiger partial charge in [-0.2, -0.15) is 0 Å². The molecule has 6 heteroatoms. The maximum absolute atomic E-state index is 12.6. The molecule has 0 aliphatic heterocycles. The number of hydrogen-bond acceptors (Lipinski definition) is 6. The molecular weight excluding hydrogens is 624 g/mol. The Morgan fingerprint density at radius 1 is 0.480 bits per heavy atom. The summed E-state index contributed by atoms with van der Waals surface area (Å²) in [5, 5.41) is 0. The Bertz CT molecular complexity index is 2220. The summed E-state index contributed by atoms with van der Waals surface area (Å²) in [6.07, 6.45) is 0. The molecule has 0 amide bonds. The molecule has 0 aliphatic rings. The van der Waals surface area contributed by atoms with Gasteiger partial charge in [0.1, 0.15) is 17.2 Å². The number of hydrogen-bond donors (Lipinski definition) is 0. The van der Waals surface area contributed by atoms with Gasteiger partial charge in [-0.05, 0) is 125 Å². The van der Waals surface area contributed by atoms with Crippen molar-refractivity contribution in [1.82, 2.24) is 0 Å². The van der Waals surface area contributed by atoms with E-state index in [1.165, 1.54) is 0 Å². The second-order valence-corrected chi connectivity index (χ2v) is 11.4. The first-order valence-corrected chi connectivity index (χ1v) is 15.4. The van der Waals surface area contributed by atoms with E-state index in [0.29, 0.717) is 39.3 Å². The smallest absolute Gasteiger partial charge is 0.338 e. The zero-order valence-corrected chi connectivity index (χ0v) is 28.6. The highest BCUT2D eigenvalue weighted by Gasteiger charge is 2.16. The minimum atomic E-state index is -0.569. The molecule has 0 atom stereocenters. The van der Waals surface area contributed by atoms with Gasteiger partial charge in [0.25, 0.3) is 0 Å². The molecule has 0 spiro atoms. The Hall–Kier alpha value is -6.81. The maximum Gasteiger partial charge on any atom is 0.338 e. The van der Waals surface area contributed by atoms with Crippen molar-refractivity contribution in [2.45, 2.75) is 34.6 Å². The molecule has 0 radical (unpaired) electrons. The summed E-state index contributed by atoms with van der Waals surface area (Å²) in [5.41, 5.74) is 6.82. The lowest BCUT2D eigenvalue weighted by molar-refractivity contribution is -0.130. The van der Waals surface area contributed by atoms with Crippen LogP contribution in [0.5, 0.6) is 17.2 Å². The predicted molar refractivity (Wildman–Crippen MR) is 195 cm³/mol. The van der Waals surface area contributed by atoms with Crippen molar-refractivity contribution >= 4 is 17.9 Å². The van der Waals surface area contributed by atoms with Gasteiger partial charge in [-0.3, -0.25) is 0 Å². The van der Waals surface area contributed by atoms with E-state index in [1.807, 2.05) is 38.1 Å². The molecule has 0 saturated carbocycles. The van der Waals surface area contributed by atoms with E-state index in [9.17, 15) is 14.4 Å². The lowest BCUT2D eigenvalue weighted by atomic mass is 9.96. The molecule has 0 N–H and O–H groups in total. The summed E-state index contributed by atoms with van der Waals surface area (Å²) in [4.78, 5) is 36.1. The van der Waals surface area contributed by atoms with Gasteiger partial charge >= 0.3 is 17.9 Å². The van der Waals surface area contributed by atoms with Crippen LogP contribution in [0.3, 0.4) is 0 Å². The SMILES string of the molecule is C=C(C)C(=O)Oc1ccc(C#Cc2ccc(C#Cc3c(OC(=O)C(=C)C)cc(C#Cc4ccc(OC(=O)C(=C)C)cc4)c(C)c3C)cc2)cc1. The fourth-order valence-corrected chi connectivity index (χ4v) is 4.09. The Morgan fingerprint density at radius 3 is 1.22 bits per heavy atom. The molecule has 0 aromatic heterocycles. The van der Waals surface area contributed by atoms with E-state index in [1.54, 1.807) is 75.4 Å². The highest BCUT2D eigenvalue weighted by Crippen LogP contribution is 2.28. The molecule has 4 aromatic carbocycles. The van der Waals surface area contributed by atoms with Crippen LogP contribution in [0.1, 0.15) is 65.3 Å². The lowest BCUT2D eigenvalue weighted by Crippen LogP contribution is -2.10. The second-order valence-electron chi connectivity index (χ2n) is 11.4. The van der Waals surface area contributed by atoms with Crippen molar-refractivity contribution in [2.24, 2.45) is 0 Å². The molecule has 246 valence electrons. The number of esters is 3. The Labute approximate surface area is 293 Å². The summed E-state index contributed by atoms with van der Waals surface area (Å²) in [6, 6.07) is 22.9. The van der Waals surface area contributed by atoms with E-state index in [-0.39, 0.29) is 11.3 Å². The largest absolute Gasteiger partial charge is 0.423 e. The van der Waals surface area contributed by atoms with Crippen molar-refractivity contribution < 1.29 is 28.6 Å². The molecular formula is C44H34O6. The topological polar surface area (TPSA) is 78.9 Å². The predicted octanol–water partition coefficient (Wildman–Crippen LogP) is 7.95. The Morgan fingerprint density at radius 2 is 0.820 bits per heavy atom. The van der Waals surface area contributed by atoms with E-state index in [0.717, 1.165) is 27.8 Å². The third-order valence-corrected chi connectivity index (χ3v) is 7.15. The van der Waals surface area contributed by atoms with Gasteiger partial charge in [-0.1, -0.05) is 55.3 Å². The zero-order chi connectivity index (χ0) is 36.4. The molecule has 0 saturated heterocycles. The third kappa shape index (κ3) is 9.85. The highest BCUT2D eigenvalue weighted by atomic mass is 16.5. The van der Waals surface area contributed by atoms with Crippen LogP contribution < -0.4 is 14.2 Å². The molecule has 0 heterocycles. The molecule has 6 nitrogen and oxygen atoms in total. The van der Waals surface area contributed by atoms with E-state index < -0.39 is 17.9 Å². The van der Waals surface area contributed by atoms with Crippen molar-refractivity contribution in [1.29, 1.82) is 0 Å². The van der Waals surface area contributed by atoms with E-state index >= 15 is 0 Å². The first-order valence-electron chi connectivity index (χ1n) is 15.4. The first-order chi connectivity index (χ1) is 23.8. The molecule has 0 aliphatic carbocycles. The molecule has 4 rings (SSSR count). The van der Waals surface area contributed by atoms with Crippen LogP contribution in [0.4, 0.5) is 0 Å². The average molecular weight is 659 g/mol. The minimum absolute atomic E-state index is 0.251. The average Bonchev–Trinajstić information content (AvgIpc) is 3.09. The van der Waals surface area contributed by atoms with Gasteiger partial charge in [0.05, 0.1) is 5.56 Å². The van der Waals surface area contributed by atoms with Crippen LogP contribution in [0.25, 0.3) is 0 Å². The van der Waals surface area contributed by atoms with Crippen LogP contribution in [0.15, 0.2) is 115 Å². The van der Waals surface area contributed by atoms with Gasteiger partial charge in [-0.25, -0.2) is 14.4 Å². The fourth-order valence-electron chi connectivity index (χ4n) is 4.09. The van der Waals surface area contributed by atoms with E-state index in [2.05, 4.69) is 55.3 Å². The van der Waals surface area contributed by atoms with Crippen molar-refractivity contribution in [3.8, 4) is 52.8 Å². The Kier molecular flexibility index (Phi) is 11.8. The maximum atomic E-state index is 12.6. The monoisotopic (exact) mass is 658 g/mol. The Balaban J connectivity index is 1.56. The molecule has 50 heavy (non-hydrogen) atoms. The number of ether oxygens (including phenoxy) is 3. The summed E-state index contributed by atoms with van der Waals surface area (Å²) in [7, 11) is 0. The van der Waals surface area contributed by atoms with Crippen LogP contribution in [0.2, 0.25) is 0 Å². The highest BCUT2D eigenvalue weighted by molar-refractivity contribution is 5.90. The van der Waals surface area contributed by atoms with Crippen molar-refractivity contribution in [2.75, 3.05) is 0 Å². The number of benzene rings is 4. The third-order valence-electron chi connectivity index (χ3n) is 7.15. The summed E-state index contributed by atoms with van der Waals surface area (Å²) in [5.74, 6) is 18.4. The normalized spacial score (nSPS) is 9.70. The second kappa shape index (κ2) is 16.3. The van der Waals surface area contributed by atoms with Gasteiger partial charge in [0.2, 0.25) is 0 Å². The fraction of sp³-hybridized carbons (Fsp3) is 0.114. The molecule has 0 bridgehead atoms. The minimum Gasteiger partial charge on any atom is -0.423 e. The van der Waals surface area contributed by atoms with Crippen molar-refractivity contribution in [3.63, 3.8) is 0 Å². The summed E-state index contributed by atoms with van der Waals surface area (Å²) >= 11 is 0. The quantitative estimate of drug-likeness (QED) is 0.0906. The summed E-state index contributed by atoms with van der Waals surface area (Å²) < 4.78 is 16.2.